The molecule has 0 spiro atoms. The molecule has 21 heavy (non-hydrogen) atoms. The smallest absolute Gasteiger partial charge is 0.371 e. The fraction of sp³-hybridized carbons (Fsp3) is 0.357. The van der Waals surface area contributed by atoms with Gasteiger partial charge in [0.15, 0.2) is 0 Å². The second-order valence-electron chi connectivity index (χ2n) is 4.46. The van der Waals surface area contributed by atoms with Gasteiger partial charge in [-0.15, -0.1) is 0 Å². The summed E-state index contributed by atoms with van der Waals surface area (Å²) in [6.07, 6.45) is -0.704. The quantitative estimate of drug-likeness (QED) is 0.799. The lowest BCUT2D eigenvalue weighted by Crippen LogP contribution is -2.23. The van der Waals surface area contributed by atoms with Gasteiger partial charge < -0.3 is 10.1 Å². The number of halogens is 3. The van der Waals surface area contributed by atoms with E-state index in [1.807, 2.05) is 36.5 Å². The topological polar surface area (TPSA) is 39.1 Å². The van der Waals surface area contributed by atoms with Crippen LogP contribution in [-0.4, -0.2) is 35.7 Å². The third kappa shape index (κ3) is 5.57. The van der Waals surface area contributed by atoms with E-state index in [9.17, 15) is 13.2 Å². The molecule has 0 saturated carbocycles. The minimum absolute atomic E-state index is 0.0326. The minimum Gasteiger partial charge on any atom is -0.371 e. The molecule has 0 fully saturated rings. The monoisotopic (exact) mass is 299 g/mol. The van der Waals surface area contributed by atoms with Crippen molar-refractivity contribution in [2.24, 2.45) is 0 Å². The molecule has 1 aromatic carbocycles. The first-order chi connectivity index (χ1) is 10.0. The molecule has 0 amide bonds. The van der Waals surface area contributed by atoms with Crippen LogP contribution < -0.4 is 5.32 Å². The van der Waals surface area contributed by atoms with Gasteiger partial charge in [-0.1, -0.05) is 12.1 Å². The summed E-state index contributed by atoms with van der Waals surface area (Å²) in [6, 6.07) is 9.60. The van der Waals surface area contributed by atoms with E-state index in [0.29, 0.717) is 13.1 Å². The summed E-state index contributed by atoms with van der Waals surface area (Å²) >= 11 is 0. The molecule has 0 unspecified atom stereocenters. The highest BCUT2D eigenvalue weighted by Gasteiger charge is 2.27. The molecule has 0 aliphatic carbocycles. The van der Waals surface area contributed by atoms with Gasteiger partial charge in [0.2, 0.25) is 0 Å². The molecule has 0 saturated heterocycles. The zero-order chi connectivity index (χ0) is 15.1. The Kier molecular flexibility index (Phi) is 5.35. The maximum Gasteiger partial charge on any atom is 0.411 e. The third-order valence-electron chi connectivity index (χ3n) is 2.72. The number of hydrogen-bond donors (Lipinski definition) is 1. The number of hydrogen-bond acceptors (Lipinski definition) is 3. The van der Waals surface area contributed by atoms with Crippen molar-refractivity contribution in [2.45, 2.75) is 12.7 Å². The van der Waals surface area contributed by atoms with E-state index in [1.165, 1.54) is 0 Å². The van der Waals surface area contributed by atoms with E-state index in [0.717, 1.165) is 11.3 Å². The van der Waals surface area contributed by atoms with E-state index < -0.39 is 12.8 Å². The normalized spacial score (nSPS) is 11.8. The van der Waals surface area contributed by atoms with Crippen LogP contribution in [0.2, 0.25) is 0 Å². The maximum absolute atomic E-state index is 11.8. The molecule has 0 atom stereocenters. The van der Waals surface area contributed by atoms with Crippen molar-refractivity contribution < 1.29 is 17.9 Å². The van der Waals surface area contributed by atoms with Gasteiger partial charge in [0.1, 0.15) is 6.61 Å². The summed E-state index contributed by atoms with van der Waals surface area (Å²) in [5.74, 6) is 0. The molecule has 2 rings (SSSR count). The molecule has 7 heteroatoms. The third-order valence-corrected chi connectivity index (χ3v) is 2.72. The number of aromatic nitrogens is 2. The number of rotatable bonds is 7. The summed E-state index contributed by atoms with van der Waals surface area (Å²) < 4.78 is 41.8. The number of benzene rings is 1. The average Bonchev–Trinajstić information content (AvgIpc) is 2.96. The Morgan fingerprint density at radius 3 is 2.57 bits per heavy atom. The zero-order valence-corrected chi connectivity index (χ0v) is 11.3. The lowest BCUT2D eigenvalue weighted by atomic mass is 10.2. The Morgan fingerprint density at radius 1 is 1.19 bits per heavy atom. The number of nitrogens with zero attached hydrogens (tertiary/aromatic N) is 2. The Bertz CT molecular complexity index is 523. The van der Waals surface area contributed by atoms with Gasteiger partial charge in [-0.25, -0.2) is 4.68 Å². The summed E-state index contributed by atoms with van der Waals surface area (Å²) in [7, 11) is 0. The summed E-state index contributed by atoms with van der Waals surface area (Å²) in [5.41, 5.74) is 2.00. The molecular formula is C14H16F3N3O. The van der Waals surface area contributed by atoms with E-state index in [4.69, 9.17) is 0 Å². The van der Waals surface area contributed by atoms with Gasteiger partial charge in [-0.2, -0.15) is 18.3 Å². The average molecular weight is 299 g/mol. The zero-order valence-electron chi connectivity index (χ0n) is 11.3. The van der Waals surface area contributed by atoms with Crippen LogP contribution in [-0.2, 0) is 11.3 Å². The van der Waals surface area contributed by atoms with Crippen LogP contribution in [0.25, 0.3) is 5.69 Å². The first kappa shape index (κ1) is 15.5. The minimum atomic E-state index is -4.26. The molecule has 0 aliphatic rings. The van der Waals surface area contributed by atoms with E-state index >= 15 is 0 Å². The first-order valence-corrected chi connectivity index (χ1v) is 6.49. The SMILES string of the molecule is FC(F)(F)COCCNCc1ccc(-n2cccn2)cc1. The number of alkyl halides is 3. The fourth-order valence-corrected chi connectivity index (χ4v) is 1.75. The highest BCUT2D eigenvalue weighted by molar-refractivity contribution is 5.33. The molecular weight excluding hydrogens is 283 g/mol. The molecule has 0 aliphatic heterocycles. The second kappa shape index (κ2) is 7.24. The number of nitrogens with one attached hydrogen (secondary N) is 1. The molecule has 2 aromatic rings. The van der Waals surface area contributed by atoms with Crippen LogP contribution >= 0.6 is 0 Å². The van der Waals surface area contributed by atoms with Crippen LogP contribution in [0.4, 0.5) is 13.2 Å². The van der Waals surface area contributed by atoms with Crippen molar-refractivity contribution in [3.8, 4) is 5.69 Å². The van der Waals surface area contributed by atoms with E-state index in [2.05, 4.69) is 15.2 Å². The van der Waals surface area contributed by atoms with Gasteiger partial charge in [0, 0.05) is 25.5 Å². The fourth-order valence-electron chi connectivity index (χ4n) is 1.75. The van der Waals surface area contributed by atoms with Crippen LogP contribution in [0.5, 0.6) is 0 Å². The van der Waals surface area contributed by atoms with Crippen molar-refractivity contribution in [2.75, 3.05) is 19.8 Å². The molecule has 114 valence electrons. The van der Waals surface area contributed by atoms with Crippen molar-refractivity contribution in [3.63, 3.8) is 0 Å². The Hall–Kier alpha value is -1.86. The molecule has 1 N–H and O–H groups in total. The summed E-state index contributed by atoms with van der Waals surface area (Å²) in [5, 5.41) is 7.15. The Labute approximate surface area is 120 Å². The predicted molar refractivity (Wildman–Crippen MR) is 72.1 cm³/mol. The molecule has 1 aromatic heterocycles. The highest BCUT2D eigenvalue weighted by Crippen LogP contribution is 2.14. The lowest BCUT2D eigenvalue weighted by molar-refractivity contribution is -0.173. The summed E-state index contributed by atoms with van der Waals surface area (Å²) in [4.78, 5) is 0. The lowest BCUT2D eigenvalue weighted by Gasteiger charge is -2.09. The maximum atomic E-state index is 11.8. The summed E-state index contributed by atoms with van der Waals surface area (Å²) in [6.45, 7) is -0.218. The molecule has 4 nitrogen and oxygen atoms in total. The van der Waals surface area contributed by atoms with Crippen molar-refractivity contribution in [1.82, 2.24) is 15.1 Å². The van der Waals surface area contributed by atoms with Gasteiger partial charge in [0.05, 0.1) is 12.3 Å². The van der Waals surface area contributed by atoms with Crippen LogP contribution in [0.15, 0.2) is 42.7 Å². The van der Waals surface area contributed by atoms with Crippen LogP contribution in [0, 0.1) is 0 Å². The first-order valence-electron chi connectivity index (χ1n) is 6.49. The van der Waals surface area contributed by atoms with Gasteiger partial charge in [-0.05, 0) is 23.8 Å². The van der Waals surface area contributed by atoms with Gasteiger partial charge in [0.25, 0.3) is 0 Å². The Morgan fingerprint density at radius 2 is 1.95 bits per heavy atom. The van der Waals surface area contributed by atoms with Gasteiger partial charge in [-0.3, -0.25) is 0 Å². The van der Waals surface area contributed by atoms with Crippen molar-refractivity contribution in [3.05, 3.63) is 48.3 Å². The van der Waals surface area contributed by atoms with E-state index in [-0.39, 0.29) is 6.61 Å². The highest BCUT2D eigenvalue weighted by atomic mass is 19.4. The van der Waals surface area contributed by atoms with Crippen molar-refractivity contribution in [1.29, 1.82) is 0 Å². The molecule has 1 heterocycles. The largest absolute Gasteiger partial charge is 0.411 e. The van der Waals surface area contributed by atoms with Crippen LogP contribution in [0.3, 0.4) is 0 Å². The second-order valence-corrected chi connectivity index (χ2v) is 4.46. The molecule has 0 bridgehead atoms. The van der Waals surface area contributed by atoms with Crippen LogP contribution in [0.1, 0.15) is 5.56 Å². The Balaban J connectivity index is 1.67. The van der Waals surface area contributed by atoms with Crippen molar-refractivity contribution >= 4 is 0 Å². The predicted octanol–water partition coefficient (Wildman–Crippen LogP) is 2.54. The van der Waals surface area contributed by atoms with Gasteiger partial charge >= 0.3 is 6.18 Å². The van der Waals surface area contributed by atoms with E-state index in [1.54, 1.807) is 10.9 Å². The molecule has 0 radical (unpaired) electrons. The number of ether oxygens (including phenoxy) is 1. The standard InChI is InChI=1S/C14H16F3N3O/c15-14(16,17)11-21-9-7-18-10-12-2-4-13(5-3-12)20-8-1-6-19-20/h1-6,8,18H,7,9-11H2.